The molecule has 1 amide bonds. The number of aryl methyl sites for hydroxylation is 1. The molecule has 2 rings (SSSR count). The van der Waals surface area contributed by atoms with E-state index in [1.54, 1.807) is 12.1 Å². The van der Waals surface area contributed by atoms with Crippen LogP contribution in [0.1, 0.15) is 27.9 Å². The Morgan fingerprint density at radius 3 is 2.39 bits per heavy atom. The zero-order chi connectivity index (χ0) is 15.9. The number of carboxylic acid groups (broad SMARTS) is 1. The number of carbonyl (C=O) groups excluding carboxylic acids is 1. The van der Waals surface area contributed by atoms with Gasteiger partial charge in [0.2, 0.25) is 5.91 Å². The Morgan fingerprint density at radius 1 is 1.04 bits per heavy atom. The summed E-state index contributed by atoms with van der Waals surface area (Å²) in [6.45, 7) is 0. The zero-order valence-electron chi connectivity index (χ0n) is 12.0. The molecule has 0 unspecified atom stereocenters. The molecule has 0 atom stereocenters. The van der Waals surface area contributed by atoms with E-state index in [0.717, 1.165) is 11.1 Å². The van der Waals surface area contributed by atoms with E-state index < -0.39 is 5.97 Å². The molecular weight excluding hydrogens is 321 g/mol. The molecule has 6 heteroatoms. The van der Waals surface area contributed by atoms with Crippen molar-refractivity contribution >= 4 is 59.7 Å². The molecule has 0 bridgehead atoms. The van der Waals surface area contributed by atoms with E-state index in [2.05, 4.69) is 17.9 Å². The molecule has 0 fully saturated rings. The van der Waals surface area contributed by atoms with Crippen LogP contribution in [-0.4, -0.2) is 46.5 Å². The van der Waals surface area contributed by atoms with Gasteiger partial charge in [0.1, 0.15) is 0 Å². The van der Waals surface area contributed by atoms with Crippen LogP contribution in [0.2, 0.25) is 0 Å². The second-order valence-electron chi connectivity index (χ2n) is 4.86. The molecule has 4 nitrogen and oxygen atoms in total. The number of thiol groups is 1. The van der Waals surface area contributed by atoms with E-state index in [1.165, 1.54) is 12.1 Å². The van der Waals surface area contributed by atoms with Gasteiger partial charge >= 0.3 is 35.5 Å². The fourth-order valence-corrected chi connectivity index (χ4v) is 2.47. The van der Waals surface area contributed by atoms with Gasteiger partial charge in [-0.05, 0) is 35.7 Å². The van der Waals surface area contributed by atoms with Crippen molar-refractivity contribution in [1.82, 2.24) is 0 Å². The van der Waals surface area contributed by atoms with E-state index in [-0.39, 0.29) is 41.0 Å². The Labute approximate surface area is 163 Å². The fraction of sp³-hybridized carbons (Fsp3) is 0.176. The molecule has 0 radical (unpaired) electrons. The third kappa shape index (κ3) is 6.03. The number of hydrogen-bond acceptors (Lipinski definition) is 3. The van der Waals surface area contributed by atoms with Crippen molar-refractivity contribution in [2.24, 2.45) is 0 Å². The van der Waals surface area contributed by atoms with E-state index >= 15 is 0 Å². The Morgan fingerprint density at radius 2 is 1.74 bits per heavy atom. The predicted octanol–water partition coefficient (Wildman–Crippen LogP) is 2.74. The predicted molar refractivity (Wildman–Crippen MR) is 96.6 cm³/mol. The first-order valence-corrected chi connectivity index (χ1v) is 7.54. The van der Waals surface area contributed by atoms with E-state index in [4.69, 9.17) is 5.11 Å². The van der Waals surface area contributed by atoms with Crippen molar-refractivity contribution in [3.8, 4) is 0 Å². The van der Waals surface area contributed by atoms with Gasteiger partial charge in [-0.1, -0.05) is 30.3 Å². The minimum atomic E-state index is -1.01. The van der Waals surface area contributed by atoms with Crippen LogP contribution in [0.4, 0.5) is 5.69 Å². The summed E-state index contributed by atoms with van der Waals surface area (Å²) in [5.41, 5.74) is 2.86. The Hall–Kier alpha value is -1.27. The second-order valence-corrected chi connectivity index (χ2v) is 5.18. The van der Waals surface area contributed by atoms with Crippen LogP contribution in [0, 0.1) is 0 Å². The minimum absolute atomic E-state index is 0. The molecule has 2 aromatic carbocycles. The standard InChI is InChI=1S/C17H17NO3S.Na.H/c19-16(9-8-12-4-1-2-5-14(12)11-22)18-15-7-3-6-13(10-15)17(20)21;;/h1-7,10,22H,8-9,11H2,(H,18,19)(H,20,21);;. The van der Waals surface area contributed by atoms with Crippen LogP contribution in [0.15, 0.2) is 48.5 Å². The van der Waals surface area contributed by atoms with Gasteiger partial charge in [0, 0.05) is 17.9 Å². The summed E-state index contributed by atoms with van der Waals surface area (Å²) >= 11 is 4.28. The normalized spacial score (nSPS) is 9.78. The second kappa shape index (κ2) is 9.78. The quantitative estimate of drug-likeness (QED) is 0.560. The third-order valence-corrected chi connectivity index (χ3v) is 3.64. The van der Waals surface area contributed by atoms with Gasteiger partial charge in [0.25, 0.3) is 0 Å². The average Bonchev–Trinajstić information content (AvgIpc) is 2.53. The first kappa shape index (κ1) is 19.8. The van der Waals surface area contributed by atoms with E-state index in [9.17, 15) is 9.59 Å². The van der Waals surface area contributed by atoms with Crippen molar-refractivity contribution in [3.05, 3.63) is 65.2 Å². The number of benzene rings is 2. The van der Waals surface area contributed by atoms with Crippen molar-refractivity contribution in [1.29, 1.82) is 0 Å². The number of anilines is 1. The topological polar surface area (TPSA) is 66.4 Å². The number of carboxylic acids is 1. The number of nitrogens with one attached hydrogen (secondary N) is 1. The number of rotatable bonds is 6. The Balaban J connectivity index is 0.00000264. The molecule has 23 heavy (non-hydrogen) atoms. The molecule has 2 aromatic rings. The summed E-state index contributed by atoms with van der Waals surface area (Å²) in [5.74, 6) is -0.520. The van der Waals surface area contributed by atoms with Crippen molar-refractivity contribution < 1.29 is 14.7 Å². The van der Waals surface area contributed by atoms with Gasteiger partial charge in [-0.3, -0.25) is 4.79 Å². The number of aromatic carboxylic acids is 1. The van der Waals surface area contributed by atoms with Gasteiger partial charge in [-0.25, -0.2) is 4.79 Å². The van der Waals surface area contributed by atoms with Gasteiger partial charge in [0.15, 0.2) is 0 Å². The molecule has 0 saturated heterocycles. The molecule has 2 N–H and O–H groups in total. The fourth-order valence-electron chi connectivity index (χ4n) is 2.16. The van der Waals surface area contributed by atoms with Crippen LogP contribution < -0.4 is 5.32 Å². The van der Waals surface area contributed by atoms with E-state index in [0.29, 0.717) is 24.3 Å². The molecular formula is C17H18NNaO3S. The summed E-state index contributed by atoms with van der Waals surface area (Å²) in [4.78, 5) is 22.9. The SMILES string of the molecule is O=C(CCc1ccccc1CS)Nc1cccc(C(=O)O)c1.[NaH]. The summed E-state index contributed by atoms with van der Waals surface area (Å²) in [5, 5.41) is 11.7. The van der Waals surface area contributed by atoms with Gasteiger partial charge in [-0.2, -0.15) is 12.6 Å². The van der Waals surface area contributed by atoms with Crippen LogP contribution in [0.25, 0.3) is 0 Å². The van der Waals surface area contributed by atoms with Gasteiger partial charge < -0.3 is 10.4 Å². The number of amides is 1. The van der Waals surface area contributed by atoms with Gasteiger partial charge in [0.05, 0.1) is 5.56 Å². The van der Waals surface area contributed by atoms with Crippen LogP contribution in [0.3, 0.4) is 0 Å². The van der Waals surface area contributed by atoms with Crippen LogP contribution >= 0.6 is 12.6 Å². The van der Waals surface area contributed by atoms with Gasteiger partial charge in [-0.15, -0.1) is 0 Å². The summed E-state index contributed by atoms with van der Waals surface area (Å²) < 4.78 is 0. The molecule has 0 spiro atoms. The maximum absolute atomic E-state index is 12.0. The number of carbonyl (C=O) groups is 2. The van der Waals surface area contributed by atoms with Crippen LogP contribution in [0.5, 0.6) is 0 Å². The van der Waals surface area contributed by atoms with E-state index in [1.807, 2.05) is 24.3 Å². The first-order valence-electron chi connectivity index (χ1n) is 6.91. The monoisotopic (exact) mass is 339 g/mol. The third-order valence-electron chi connectivity index (χ3n) is 3.30. The summed E-state index contributed by atoms with van der Waals surface area (Å²) in [6, 6.07) is 14.1. The summed E-state index contributed by atoms with van der Waals surface area (Å²) in [7, 11) is 0. The van der Waals surface area contributed by atoms with Crippen LogP contribution in [-0.2, 0) is 17.0 Å². The molecule has 116 valence electrons. The molecule has 0 aliphatic carbocycles. The van der Waals surface area contributed by atoms with Crippen molar-refractivity contribution in [2.45, 2.75) is 18.6 Å². The number of hydrogen-bond donors (Lipinski definition) is 3. The Bertz CT molecular complexity index is 691. The molecule has 0 saturated carbocycles. The Kier molecular flexibility index (Phi) is 8.41. The molecule has 0 heterocycles. The van der Waals surface area contributed by atoms with Crippen molar-refractivity contribution in [3.63, 3.8) is 0 Å². The van der Waals surface area contributed by atoms with Crippen molar-refractivity contribution in [2.75, 3.05) is 5.32 Å². The summed E-state index contributed by atoms with van der Waals surface area (Å²) in [6.07, 6.45) is 0.962. The first-order chi connectivity index (χ1) is 10.6. The zero-order valence-corrected chi connectivity index (χ0v) is 12.8. The molecule has 0 aromatic heterocycles. The average molecular weight is 339 g/mol. The maximum atomic E-state index is 12.0. The molecule has 0 aliphatic rings. The molecule has 0 aliphatic heterocycles.